The van der Waals surface area contributed by atoms with Crippen molar-refractivity contribution < 1.29 is 14.8 Å². The van der Waals surface area contributed by atoms with E-state index in [9.17, 15) is 14.9 Å². The predicted molar refractivity (Wildman–Crippen MR) is 97.5 cm³/mol. The van der Waals surface area contributed by atoms with E-state index in [1.54, 1.807) is 41.3 Å². The van der Waals surface area contributed by atoms with Gasteiger partial charge in [-0.15, -0.1) is 0 Å². The van der Waals surface area contributed by atoms with Gasteiger partial charge in [0.1, 0.15) is 11.3 Å². The van der Waals surface area contributed by atoms with Crippen LogP contribution in [0.5, 0.6) is 0 Å². The summed E-state index contributed by atoms with van der Waals surface area (Å²) in [5.74, 6) is -0.587. The Labute approximate surface area is 150 Å². The molecule has 7 nitrogen and oxygen atoms in total. The first kappa shape index (κ1) is 18.7. The van der Waals surface area contributed by atoms with Gasteiger partial charge in [0.05, 0.1) is 11.5 Å². The second-order valence-corrected chi connectivity index (χ2v) is 5.63. The largest absolute Gasteiger partial charge is 0.395 e. The maximum atomic E-state index is 12.5. The zero-order valence-electron chi connectivity index (χ0n) is 13.6. The second kappa shape index (κ2) is 8.46. The molecule has 0 heterocycles. The molecule has 2 aromatic rings. The van der Waals surface area contributed by atoms with Crippen molar-refractivity contribution in [3.8, 4) is 0 Å². The minimum absolute atomic E-state index is 0.0474. The van der Waals surface area contributed by atoms with Crippen LogP contribution in [0.3, 0.4) is 0 Å². The summed E-state index contributed by atoms with van der Waals surface area (Å²) in [6, 6.07) is 11.0. The highest BCUT2D eigenvalue weighted by Crippen LogP contribution is 2.32. The van der Waals surface area contributed by atoms with Crippen molar-refractivity contribution in [2.24, 2.45) is 0 Å². The van der Waals surface area contributed by atoms with Gasteiger partial charge in [0.2, 0.25) is 0 Å². The molecule has 25 heavy (non-hydrogen) atoms. The first-order valence-corrected chi connectivity index (χ1v) is 8.05. The number of halogens is 1. The van der Waals surface area contributed by atoms with Crippen molar-refractivity contribution in [1.82, 2.24) is 0 Å². The first-order valence-electron chi connectivity index (χ1n) is 7.68. The average Bonchev–Trinajstić information content (AvgIpc) is 2.60. The molecule has 1 amide bonds. The molecular formula is C17H18ClN3O4. The van der Waals surface area contributed by atoms with Gasteiger partial charge in [-0.3, -0.25) is 14.9 Å². The lowest BCUT2D eigenvalue weighted by molar-refractivity contribution is -0.384. The van der Waals surface area contributed by atoms with Gasteiger partial charge < -0.3 is 15.3 Å². The number of hydrogen-bond acceptors (Lipinski definition) is 5. The minimum Gasteiger partial charge on any atom is -0.395 e. The third-order valence-electron chi connectivity index (χ3n) is 3.64. The van der Waals surface area contributed by atoms with E-state index in [0.29, 0.717) is 22.9 Å². The molecular weight excluding hydrogens is 346 g/mol. The second-order valence-electron chi connectivity index (χ2n) is 5.19. The van der Waals surface area contributed by atoms with E-state index in [1.165, 1.54) is 6.07 Å². The fourth-order valence-electron chi connectivity index (χ4n) is 2.46. The standard InChI is InChI=1S/C17H18ClN3O4/c1-2-20(10-11-22)15-5-3-4-14(16(15)21(24)25)17(23)19-13-8-6-12(18)7-9-13/h3-9,22H,2,10-11H2,1H3,(H,19,23). The summed E-state index contributed by atoms with van der Waals surface area (Å²) in [7, 11) is 0. The number of carbonyl (C=O) groups is 1. The monoisotopic (exact) mass is 363 g/mol. The van der Waals surface area contributed by atoms with Crippen LogP contribution < -0.4 is 10.2 Å². The van der Waals surface area contributed by atoms with Gasteiger partial charge in [-0.2, -0.15) is 0 Å². The van der Waals surface area contributed by atoms with Crippen LogP contribution in [-0.2, 0) is 0 Å². The van der Waals surface area contributed by atoms with Gasteiger partial charge in [-0.25, -0.2) is 0 Å². The number of nitrogens with zero attached hydrogens (tertiary/aromatic N) is 2. The molecule has 0 fully saturated rings. The lowest BCUT2D eigenvalue weighted by Crippen LogP contribution is -2.27. The zero-order chi connectivity index (χ0) is 18.4. The van der Waals surface area contributed by atoms with Gasteiger partial charge in [0.15, 0.2) is 0 Å². The highest BCUT2D eigenvalue weighted by Gasteiger charge is 2.27. The summed E-state index contributed by atoms with van der Waals surface area (Å²) >= 11 is 5.81. The van der Waals surface area contributed by atoms with E-state index < -0.39 is 10.8 Å². The summed E-state index contributed by atoms with van der Waals surface area (Å²) in [5, 5.41) is 23.9. The molecule has 0 aliphatic rings. The Morgan fingerprint density at radius 1 is 1.28 bits per heavy atom. The lowest BCUT2D eigenvalue weighted by atomic mass is 10.1. The van der Waals surface area contributed by atoms with Crippen LogP contribution in [0.4, 0.5) is 17.1 Å². The molecule has 2 N–H and O–H groups in total. The molecule has 132 valence electrons. The SMILES string of the molecule is CCN(CCO)c1cccc(C(=O)Nc2ccc(Cl)cc2)c1[N+](=O)[O-]. The maximum absolute atomic E-state index is 12.5. The van der Waals surface area contributed by atoms with Crippen LogP contribution in [0.25, 0.3) is 0 Å². The van der Waals surface area contributed by atoms with Gasteiger partial charge >= 0.3 is 5.69 Å². The maximum Gasteiger partial charge on any atom is 0.305 e. The summed E-state index contributed by atoms with van der Waals surface area (Å²) in [6.07, 6.45) is 0. The summed E-state index contributed by atoms with van der Waals surface area (Å²) < 4.78 is 0. The van der Waals surface area contributed by atoms with E-state index >= 15 is 0 Å². The molecule has 0 unspecified atom stereocenters. The van der Waals surface area contributed by atoms with Crippen LogP contribution in [-0.4, -0.2) is 35.6 Å². The van der Waals surface area contributed by atoms with Gasteiger partial charge in [0.25, 0.3) is 5.91 Å². The molecule has 0 atom stereocenters. The number of benzene rings is 2. The van der Waals surface area contributed by atoms with Crippen molar-refractivity contribution in [2.75, 3.05) is 29.9 Å². The van der Waals surface area contributed by atoms with Gasteiger partial charge in [-0.1, -0.05) is 17.7 Å². The van der Waals surface area contributed by atoms with Crippen LogP contribution in [0.1, 0.15) is 17.3 Å². The third-order valence-corrected chi connectivity index (χ3v) is 3.89. The Morgan fingerprint density at radius 3 is 2.52 bits per heavy atom. The lowest BCUT2D eigenvalue weighted by Gasteiger charge is -2.22. The number of aliphatic hydroxyl groups excluding tert-OH is 1. The average molecular weight is 364 g/mol. The fourth-order valence-corrected chi connectivity index (χ4v) is 2.59. The Balaban J connectivity index is 2.40. The van der Waals surface area contributed by atoms with E-state index in [1.807, 2.05) is 6.92 Å². The molecule has 0 saturated carbocycles. The zero-order valence-corrected chi connectivity index (χ0v) is 14.4. The molecule has 0 radical (unpaired) electrons. The molecule has 0 spiro atoms. The molecule has 0 aliphatic carbocycles. The van der Waals surface area contributed by atoms with Crippen molar-refractivity contribution >= 4 is 34.6 Å². The molecule has 0 aliphatic heterocycles. The van der Waals surface area contributed by atoms with Gasteiger partial charge in [-0.05, 0) is 43.3 Å². The number of nitro benzene ring substituents is 1. The van der Waals surface area contributed by atoms with E-state index in [4.69, 9.17) is 16.7 Å². The van der Waals surface area contributed by atoms with Crippen LogP contribution in [0.2, 0.25) is 5.02 Å². The number of nitrogens with one attached hydrogen (secondary N) is 1. The van der Waals surface area contributed by atoms with Crippen LogP contribution >= 0.6 is 11.6 Å². The number of rotatable bonds is 7. The van der Waals surface area contributed by atoms with Crippen LogP contribution in [0, 0.1) is 10.1 Å². The highest BCUT2D eigenvalue weighted by atomic mass is 35.5. The number of amides is 1. The molecule has 2 aromatic carbocycles. The number of aliphatic hydroxyl groups is 1. The molecule has 0 saturated heterocycles. The van der Waals surface area contributed by atoms with E-state index in [-0.39, 0.29) is 24.4 Å². The number of carbonyl (C=O) groups excluding carboxylic acids is 1. The summed E-state index contributed by atoms with van der Waals surface area (Å²) in [4.78, 5) is 25.2. The molecule has 2 rings (SSSR count). The van der Waals surface area contributed by atoms with Crippen molar-refractivity contribution in [3.63, 3.8) is 0 Å². The third kappa shape index (κ3) is 4.46. The Kier molecular flexibility index (Phi) is 6.32. The number of hydrogen-bond donors (Lipinski definition) is 2. The smallest absolute Gasteiger partial charge is 0.305 e. The summed E-state index contributed by atoms with van der Waals surface area (Å²) in [6.45, 7) is 2.37. The highest BCUT2D eigenvalue weighted by molar-refractivity contribution is 6.30. The van der Waals surface area contributed by atoms with E-state index in [0.717, 1.165) is 0 Å². The number of para-hydroxylation sites is 1. The molecule has 8 heteroatoms. The van der Waals surface area contributed by atoms with Crippen molar-refractivity contribution in [2.45, 2.75) is 6.92 Å². The van der Waals surface area contributed by atoms with Crippen molar-refractivity contribution in [3.05, 3.63) is 63.2 Å². The van der Waals surface area contributed by atoms with Crippen LogP contribution in [0.15, 0.2) is 42.5 Å². The Bertz CT molecular complexity index is 765. The normalized spacial score (nSPS) is 10.4. The quantitative estimate of drug-likeness (QED) is 0.581. The number of likely N-dealkylation sites (N-methyl/N-ethyl adjacent to an activating group) is 1. The topological polar surface area (TPSA) is 95.7 Å². The predicted octanol–water partition coefficient (Wildman–Crippen LogP) is 3.32. The first-order chi connectivity index (χ1) is 12.0. The summed E-state index contributed by atoms with van der Waals surface area (Å²) in [5.41, 5.74) is 0.445. The minimum atomic E-state index is -0.587. The Morgan fingerprint density at radius 2 is 1.96 bits per heavy atom. The number of anilines is 2. The molecule has 0 bridgehead atoms. The fraction of sp³-hybridized carbons (Fsp3) is 0.235. The molecule has 0 aromatic heterocycles. The number of nitro groups is 1. The van der Waals surface area contributed by atoms with Crippen molar-refractivity contribution in [1.29, 1.82) is 0 Å². The van der Waals surface area contributed by atoms with Gasteiger partial charge in [0, 0.05) is 23.8 Å². The Hall–Kier alpha value is -2.64. The van der Waals surface area contributed by atoms with E-state index in [2.05, 4.69) is 5.32 Å².